The molecule has 1 unspecified atom stereocenters. The highest BCUT2D eigenvalue weighted by molar-refractivity contribution is 6.02. The molecule has 25 heavy (non-hydrogen) atoms. The highest BCUT2D eigenvalue weighted by atomic mass is 19.4. The van der Waals surface area contributed by atoms with Crippen molar-refractivity contribution in [1.82, 2.24) is 15.1 Å². The summed E-state index contributed by atoms with van der Waals surface area (Å²) in [5.74, 6) is -1.13. The second-order valence-corrected chi connectivity index (χ2v) is 5.69. The molecule has 0 bridgehead atoms. The van der Waals surface area contributed by atoms with E-state index in [2.05, 4.69) is 10.1 Å². The molecular weight excluding hydrogens is 343 g/mol. The predicted octanol–water partition coefficient (Wildman–Crippen LogP) is 1.35. The van der Waals surface area contributed by atoms with Crippen molar-refractivity contribution in [2.24, 2.45) is 0 Å². The maximum atomic E-state index is 12.4. The van der Waals surface area contributed by atoms with Crippen LogP contribution in [-0.4, -0.2) is 59.7 Å². The lowest BCUT2D eigenvalue weighted by atomic mass is 10.2. The molecule has 0 saturated carbocycles. The summed E-state index contributed by atoms with van der Waals surface area (Å²) in [6.45, 7) is 0.490. The molecule has 2 fully saturated rings. The average molecular weight is 357 g/mol. The number of hydrogen-bond donors (Lipinski definition) is 1. The molecule has 2 heterocycles. The van der Waals surface area contributed by atoms with E-state index in [0.29, 0.717) is 13.0 Å². The van der Waals surface area contributed by atoms with Crippen molar-refractivity contribution in [3.63, 3.8) is 0 Å². The quantitative estimate of drug-likeness (QED) is 0.829. The van der Waals surface area contributed by atoms with Crippen molar-refractivity contribution in [3.8, 4) is 5.75 Å². The van der Waals surface area contributed by atoms with Crippen molar-refractivity contribution < 1.29 is 32.3 Å². The summed E-state index contributed by atoms with van der Waals surface area (Å²) in [7, 11) is 0. The van der Waals surface area contributed by atoms with Crippen LogP contribution in [-0.2, 0) is 4.79 Å². The van der Waals surface area contributed by atoms with Gasteiger partial charge in [0.05, 0.1) is 12.6 Å². The van der Waals surface area contributed by atoms with Crippen LogP contribution in [0, 0.1) is 0 Å². The minimum absolute atomic E-state index is 0.0516. The Morgan fingerprint density at radius 3 is 2.44 bits per heavy atom. The molecule has 1 aromatic carbocycles. The van der Waals surface area contributed by atoms with Gasteiger partial charge in [0, 0.05) is 18.7 Å². The number of benzene rings is 1. The first-order chi connectivity index (χ1) is 11.7. The number of likely N-dealkylation sites (tertiary alicyclic amines) is 1. The van der Waals surface area contributed by atoms with E-state index >= 15 is 0 Å². The molecule has 0 radical (unpaired) electrons. The van der Waals surface area contributed by atoms with Gasteiger partial charge in [0.25, 0.3) is 5.91 Å². The number of alkyl halides is 3. The molecule has 2 aliphatic rings. The number of carbonyl (C=O) groups is 3. The summed E-state index contributed by atoms with van der Waals surface area (Å²) >= 11 is 0. The first-order valence-corrected chi connectivity index (χ1v) is 7.49. The number of nitrogens with zero attached hydrogens (tertiary/aromatic N) is 2. The Bertz CT molecular complexity index is 689. The van der Waals surface area contributed by atoms with Crippen molar-refractivity contribution in [3.05, 3.63) is 29.8 Å². The summed E-state index contributed by atoms with van der Waals surface area (Å²) in [6, 6.07) is 3.73. The molecular formula is C15H14F3N3O4. The van der Waals surface area contributed by atoms with Gasteiger partial charge in [-0.1, -0.05) is 0 Å². The summed E-state index contributed by atoms with van der Waals surface area (Å²) in [5, 5.41) is 2.43. The first kappa shape index (κ1) is 17.1. The lowest BCUT2D eigenvalue weighted by molar-refractivity contribution is -0.274. The van der Waals surface area contributed by atoms with E-state index in [9.17, 15) is 27.6 Å². The molecule has 3 rings (SSSR count). The molecule has 2 aliphatic heterocycles. The van der Waals surface area contributed by atoms with Crippen molar-refractivity contribution in [1.29, 1.82) is 0 Å². The van der Waals surface area contributed by atoms with Crippen LogP contribution in [0.15, 0.2) is 24.3 Å². The molecule has 10 heteroatoms. The highest BCUT2D eigenvalue weighted by Gasteiger charge is 2.39. The largest absolute Gasteiger partial charge is 0.573 e. The number of ether oxygens (including phenoxy) is 1. The van der Waals surface area contributed by atoms with Crippen LogP contribution in [0.4, 0.5) is 18.0 Å². The number of nitrogens with one attached hydrogen (secondary N) is 1. The van der Waals surface area contributed by atoms with Crippen LogP contribution < -0.4 is 10.1 Å². The van der Waals surface area contributed by atoms with Crippen LogP contribution in [0.1, 0.15) is 16.8 Å². The minimum Gasteiger partial charge on any atom is -0.406 e. The van der Waals surface area contributed by atoms with Gasteiger partial charge in [-0.3, -0.25) is 14.5 Å². The van der Waals surface area contributed by atoms with E-state index in [-0.39, 0.29) is 30.5 Å². The first-order valence-electron chi connectivity index (χ1n) is 7.49. The maximum Gasteiger partial charge on any atom is 0.573 e. The SMILES string of the molecule is O=C(c1ccc(OC(F)(F)F)cc1)N1CCC(N2C(=O)CNC2=O)C1. The van der Waals surface area contributed by atoms with Crippen LogP contribution >= 0.6 is 0 Å². The molecule has 2 saturated heterocycles. The number of amides is 4. The smallest absolute Gasteiger partial charge is 0.406 e. The van der Waals surface area contributed by atoms with E-state index < -0.39 is 24.2 Å². The normalized spacial score (nSPS) is 20.8. The lowest BCUT2D eigenvalue weighted by Gasteiger charge is -2.21. The molecule has 0 aliphatic carbocycles. The average Bonchev–Trinajstić information content (AvgIpc) is 3.13. The number of rotatable bonds is 3. The molecule has 0 aromatic heterocycles. The maximum absolute atomic E-state index is 12.4. The minimum atomic E-state index is -4.80. The molecule has 1 atom stereocenters. The molecule has 7 nitrogen and oxygen atoms in total. The van der Waals surface area contributed by atoms with E-state index in [0.717, 1.165) is 17.0 Å². The summed E-state index contributed by atoms with van der Waals surface area (Å²) in [6.07, 6.45) is -4.34. The van der Waals surface area contributed by atoms with Gasteiger partial charge in [0.1, 0.15) is 5.75 Å². The lowest BCUT2D eigenvalue weighted by Crippen LogP contribution is -2.42. The third-order valence-corrected chi connectivity index (χ3v) is 4.03. The van der Waals surface area contributed by atoms with Gasteiger partial charge in [0.2, 0.25) is 5.91 Å². The number of carbonyl (C=O) groups excluding carboxylic acids is 3. The Kier molecular flexibility index (Phi) is 4.27. The fourth-order valence-electron chi connectivity index (χ4n) is 2.92. The second kappa shape index (κ2) is 6.26. The fourth-order valence-corrected chi connectivity index (χ4v) is 2.92. The van der Waals surface area contributed by atoms with Gasteiger partial charge < -0.3 is 15.0 Å². The van der Waals surface area contributed by atoms with E-state index in [4.69, 9.17) is 0 Å². The summed E-state index contributed by atoms with van der Waals surface area (Å²) < 4.78 is 40.2. The third-order valence-electron chi connectivity index (χ3n) is 4.03. The molecule has 0 spiro atoms. The van der Waals surface area contributed by atoms with Crippen molar-refractivity contribution >= 4 is 17.8 Å². The van der Waals surface area contributed by atoms with E-state index in [1.165, 1.54) is 17.0 Å². The van der Waals surface area contributed by atoms with Crippen LogP contribution in [0.2, 0.25) is 0 Å². The Morgan fingerprint density at radius 2 is 1.88 bits per heavy atom. The number of halogens is 3. The third kappa shape index (κ3) is 3.67. The summed E-state index contributed by atoms with van der Waals surface area (Å²) in [5.41, 5.74) is 0.201. The monoisotopic (exact) mass is 357 g/mol. The fraction of sp³-hybridized carbons (Fsp3) is 0.400. The molecule has 134 valence electrons. The van der Waals surface area contributed by atoms with Crippen molar-refractivity contribution in [2.75, 3.05) is 19.6 Å². The number of imide groups is 1. The standard InChI is InChI=1S/C15H14F3N3O4/c16-15(17,18)25-11-3-1-9(2-4-11)13(23)20-6-5-10(8-20)21-12(22)7-19-14(21)24/h1-4,10H,5-8H2,(H,19,24). The number of urea groups is 1. The van der Waals surface area contributed by atoms with Gasteiger partial charge in [-0.25, -0.2) is 4.79 Å². The van der Waals surface area contributed by atoms with Crippen molar-refractivity contribution in [2.45, 2.75) is 18.8 Å². The number of hydrogen-bond acceptors (Lipinski definition) is 4. The topological polar surface area (TPSA) is 79.0 Å². The van der Waals surface area contributed by atoms with E-state index in [1.54, 1.807) is 0 Å². The molecule has 1 aromatic rings. The molecule has 1 N–H and O–H groups in total. The Labute approximate surface area is 140 Å². The second-order valence-electron chi connectivity index (χ2n) is 5.69. The van der Waals surface area contributed by atoms with Gasteiger partial charge >= 0.3 is 12.4 Å². The predicted molar refractivity (Wildman–Crippen MR) is 77.7 cm³/mol. The van der Waals surface area contributed by atoms with Gasteiger partial charge in [-0.2, -0.15) is 0 Å². The summed E-state index contributed by atoms with van der Waals surface area (Å²) in [4.78, 5) is 38.4. The zero-order chi connectivity index (χ0) is 18.2. The van der Waals surface area contributed by atoms with Crippen LogP contribution in [0.5, 0.6) is 5.75 Å². The zero-order valence-corrected chi connectivity index (χ0v) is 12.9. The van der Waals surface area contributed by atoms with Gasteiger partial charge in [-0.05, 0) is 30.7 Å². The Balaban J connectivity index is 1.64. The molecule has 4 amide bonds. The van der Waals surface area contributed by atoms with Gasteiger partial charge in [-0.15, -0.1) is 13.2 Å². The van der Waals surface area contributed by atoms with Gasteiger partial charge in [0.15, 0.2) is 0 Å². The Morgan fingerprint density at radius 1 is 1.20 bits per heavy atom. The van der Waals surface area contributed by atoms with E-state index in [1.807, 2.05) is 0 Å². The highest BCUT2D eigenvalue weighted by Crippen LogP contribution is 2.24. The van der Waals surface area contributed by atoms with Crippen LogP contribution in [0.25, 0.3) is 0 Å². The Hall–Kier alpha value is -2.78. The zero-order valence-electron chi connectivity index (χ0n) is 12.9. The van der Waals surface area contributed by atoms with Crippen LogP contribution in [0.3, 0.4) is 0 Å².